The predicted molar refractivity (Wildman–Crippen MR) is 284 cm³/mol. The normalized spacial score (nSPS) is 25.9. The number of hydrogen-bond acceptors (Lipinski definition) is 11. The minimum absolute atomic E-state index is 0.0715. The smallest absolute Gasteiger partial charge is 0.238 e. The Hall–Kier alpha value is -6.75. The fourth-order valence-corrected chi connectivity index (χ4v) is 13.6. The van der Waals surface area contributed by atoms with Gasteiger partial charge in [0.15, 0.2) is 5.82 Å². The summed E-state index contributed by atoms with van der Waals surface area (Å²) in [5, 5.41) is 9.25. The minimum atomic E-state index is -0.760. The first-order valence-corrected chi connectivity index (χ1v) is 27.7. The lowest BCUT2D eigenvalue weighted by Crippen LogP contribution is -2.58. The molecule has 2 atom stereocenters. The number of aromatic nitrogens is 4. The van der Waals surface area contributed by atoms with Gasteiger partial charge in [0.2, 0.25) is 29.5 Å². The van der Waals surface area contributed by atoms with Crippen LogP contribution in [0.15, 0.2) is 73.2 Å². The molecule has 5 aromatic rings. The first-order valence-electron chi connectivity index (χ1n) is 27.7. The second-order valence-corrected chi connectivity index (χ2v) is 22.7. The van der Waals surface area contributed by atoms with E-state index in [1.807, 2.05) is 32.6 Å². The van der Waals surface area contributed by atoms with Gasteiger partial charge in [0.1, 0.15) is 17.2 Å². The molecule has 2 saturated carbocycles. The molecule has 0 radical (unpaired) electrons. The van der Waals surface area contributed by atoms with Crippen LogP contribution in [0.2, 0.25) is 0 Å². The lowest BCUT2D eigenvalue weighted by molar-refractivity contribution is -0.140. The quantitative estimate of drug-likeness (QED) is 0.109. The van der Waals surface area contributed by atoms with Crippen molar-refractivity contribution in [3.63, 3.8) is 0 Å². The summed E-state index contributed by atoms with van der Waals surface area (Å²) in [6.07, 6.45) is 14.6. The third-order valence-corrected chi connectivity index (χ3v) is 17.9. The number of carbonyl (C=O) groups excluding carboxylic acids is 5. The molecule has 12 rings (SSSR count). The molecule has 1 spiro atoms. The van der Waals surface area contributed by atoms with Crippen LogP contribution in [0.3, 0.4) is 0 Å². The molecule has 16 nitrogen and oxygen atoms in total. The maximum Gasteiger partial charge on any atom is 0.238 e. The Balaban J connectivity index is 0.721. The number of pyridine rings is 2. The second-order valence-electron chi connectivity index (χ2n) is 22.7. The van der Waals surface area contributed by atoms with Crippen LogP contribution in [-0.4, -0.2) is 121 Å². The van der Waals surface area contributed by atoms with E-state index in [1.54, 1.807) is 30.7 Å². The number of piperidine rings is 3. The summed E-state index contributed by atoms with van der Waals surface area (Å²) in [7, 11) is 0. The lowest BCUT2D eigenvalue weighted by atomic mass is 9.73. The van der Waals surface area contributed by atoms with Gasteiger partial charge in [0, 0.05) is 80.1 Å². The molecule has 75 heavy (non-hydrogen) atoms. The molecule has 2 aromatic carbocycles. The van der Waals surface area contributed by atoms with Crippen LogP contribution in [0.25, 0.3) is 22.3 Å². The van der Waals surface area contributed by atoms with Gasteiger partial charge >= 0.3 is 0 Å². The highest BCUT2D eigenvalue weighted by Gasteiger charge is 2.56. The molecule has 5 aliphatic heterocycles. The first kappa shape index (κ1) is 49.1. The van der Waals surface area contributed by atoms with Gasteiger partial charge in [0.05, 0.1) is 40.5 Å². The Bertz CT molecular complexity index is 3040. The zero-order chi connectivity index (χ0) is 51.5. The summed E-state index contributed by atoms with van der Waals surface area (Å²) in [6, 6.07) is 19.4. The molecule has 7 aliphatic rings. The van der Waals surface area contributed by atoms with Crippen molar-refractivity contribution in [2.24, 2.45) is 11.8 Å². The number of nitrogens with one attached hydrogen (secondary N) is 3. The Labute approximate surface area is 437 Å². The van der Waals surface area contributed by atoms with Crippen molar-refractivity contribution in [3.05, 3.63) is 90.1 Å². The average molecular weight is 1020 g/mol. The van der Waals surface area contributed by atoms with Gasteiger partial charge in [-0.2, -0.15) is 0 Å². The fraction of sp³-hybridized carbons (Fsp3) is 0.517. The van der Waals surface area contributed by atoms with Gasteiger partial charge < -0.3 is 34.8 Å². The van der Waals surface area contributed by atoms with Gasteiger partial charge in [0.25, 0.3) is 0 Å². The van der Waals surface area contributed by atoms with E-state index in [1.165, 1.54) is 25.3 Å². The minimum Gasteiger partial charge on any atom is -0.367 e. The molecule has 3 aromatic heterocycles. The van der Waals surface area contributed by atoms with E-state index in [2.05, 4.69) is 62.8 Å². The van der Waals surface area contributed by atoms with Gasteiger partial charge in [-0.15, -0.1) is 0 Å². The van der Waals surface area contributed by atoms with Crippen molar-refractivity contribution in [2.45, 2.75) is 139 Å². The fourth-order valence-electron chi connectivity index (χ4n) is 13.6. The number of benzene rings is 2. The highest BCUT2D eigenvalue weighted by Crippen LogP contribution is 2.52. The SMILES string of the molecule is CC(C)n1cnc2cc(-c3ccc4c(c3)N(C3CC(N5CCCCC5)C3)C(=O)C43CCN(C(=O)[C@@H]4CCN(C(=O)C5CCC(Nc6cc(C7CCC(=O)NC7=O)ccn6)CC5)C4)CC3)nc(Nc3ccccc3F)c21. The van der Waals surface area contributed by atoms with Crippen LogP contribution in [0.4, 0.5) is 27.4 Å². The van der Waals surface area contributed by atoms with Crippen LogP contribution < -0.4 is 20.9 Å². The molecular weight excluding hydrogens is 950 g/mol. The maximum atomic E-state index is 15.3. The van der Waals surface area contributed by atoms with Crippen LogP contribution in [0.5, 0.6) is 0 Å². The maximum absolute atomic E-state index is 15.3. The monoisotopic (exact) mass is 1020 g/mol. The molecule has 6 fully saturated rings. The van der Waals surface area contributed by atoms with Crippen molar-refractivity contribution in [1.29, 1.82) is 0 Å². The first-order chi connectivity index (χ1) is 36.4. The topological polar surface area (TPSA) is 178 Å². The van der Waals surface area contributed by atoms with Crippen molar-refractivity contribution in [3.8, 4) is 11.3 Å². The van der Waals surface area contributed by atoms with E-state index in [0.29, 0.717) is 87.3 Å². The van der Waals surface area contributed by atoms with E-state index >= 15 is 9.18 Å². The number of nitrogens with zero attached hydrogens (tertiary/aromatic N) is 8. The molecule has 5 amide bonds. The molecule has 392 valence electrons. The highest BCUT2D eigenvalue weighted by atomic mass is 19.1. The molecular formula is C58H68FN11O5. The summed E-state index contributed by atoms with van der Waals surface area (Å²) in [4.78, 5) is 90.8. The average Bonchev–Trinajstić information content (AvgIpc) is 4.14. The Morgan fingerprint density at radius 2 is 1.57 bits per heavy atom. The second kappa shape index (κ2) is 20.1. The number of para-hydroxylation sites is 1. The van der Waals surface area contributed by atoms with Gasteiger partial charge in [-0.1, -0.05) is 30.7 Å². The molecule has 3 N–H and O–H groups in total. The van der Waals surface area contributed by atoms with Gasteiger partial charge in [-0.3, -0.25) is 29.3 Å². The Morgan fingerprint density at radius 1 is 0.800 bits per heavy atom. The third kappa shape index (κ3) is 9.22. The summed E-state index contributed by atoms with van der Waals surface area (Å²) in [6.45, 7) is 8.30. The van der Waals surface area contributed by atoms with E-state index in [0.717, 1.165) is 85.0 Å². The summed E-state index contributed by atoms with van der Waals surface area (Å²) < 4.78 is 17.2. The number of anilines is 4. The van der Waals surface area contributed by atoms with Crippen LogP contribution in [0, 0.1) is 17.7 Å². The predicted octanol–water partition coefficient (Wildman–Crippen LogP) is 8.22. The van der Waals surface area contributed by atoms with Crippen molar-refractivity contribution in [1.82, 2.24) is 39.5 Å². The van der Waals surface area contributed by atoms with Crippen molar-refractivity contribution < 1.29 is 28.4 Å². The number of hydrogen-bond donors (Lipinski definition) is 3. The molecule has 4 saturated heterocycles. The van der Waals surface area contributed by atoms with Crippen LogP contribution in [0.1, 0.15) is 127 Å². The van der Waals surface area contributed by atoms with E-state index in [9.17, 15) is 19.2 Å². The highest BCUT2D eigenvalue weighted by molar-refractivity contribution is 6.09. The summed E-state index contributed by atoms with van der Waals surface area (Å²) in [5.74, 6) is -0.125. The summed E-state index contributed by atoms with van der Waals surface area (Å²) in [5.41, 5.74) is 5.36. The molecule has 8 heterocycles. The largest absolute Gasteiger partial charge is 0.367 e. The molecule has 1 unspecified atom stereocenters. The number of imidazole rings is 1. The van der Waals surface area contributed by atoms with Crippen LogP contribution >= 0.6 is 0 Å². The molecule has 17 heteroatoms. The Morgan fingerprint density at radius 3 is 2.33 bits per heavy atom. The van der Waals surface area contributed by atoms with Gasteiger partial charge in [-0.25, -0.2) is 19.3 Å². The van der Waals surface area contributed by atoms with E-state index in [4.69, 9.17) is 9.97 Å². The van der Waals surface area contributed by atoms with Crippen molar-refractivity contribution in [2.75, 3.05) is 54.8 Å². The summed E-state index contributed by atoms with van der Waals surface area (Å²) >= 11 is 0. The van der Waals surface area contributed by atoms with Crippen LogP contribution in [-0.2, 0) is 29.4 Å². The Kier molecular flexibility index (Phi) is 13.2. The number of carbonyl (C=O) groups is 5. The number of rotatable bonds is 11. The standard InChI is InChI=1S/C58H68FN11O5/c1-35(2)69-34-61-48-32-47(64-53(52(48)69)63-46-9-5-4-8-45(46)59)38-12-16-44-49(28-38)70(42-30-41(31-42)66-23-6-3-7-24-66)57(75)58(44)20-26-67(27-21-58)56(74)39-19-25-68(33-39)55(73)36-10-13-40(14-11-36)62-50-29-37(18-22-60-50)43-15-17-51(71)65-54(43)72/h4-5,8-9,12,16,18,22,28-29,32,34-36,39-43H,3,6-7,10-11,13-15,17,19-21,23-27,30-31,33H2,1-2H3,(H,60,62)(H,63,64)(H,65,71,72)/t36?,39-,40?,41?,42?,43?/m1/s1. The number of halogens is 1. The van der Waals surface area contributed by atoms with Gasteiger partial charge in [-0.05, 0) is 152 Å². The zero-order valence-corrected chi connectivity index (χ0v) is 43.1. The molecule has 0 bridgehead atoms. The number of imide groups is 1. The third-order valence-electron chi connectivity index (χ3n) is 17.9. The van der Waals surface area contributed by atoms with E-state index in [-0.39, 0.29) is 71.2 Å². The number of likely N-dealkylation sites (tertiary alicyclic amines) is 3. The molecule has 2 aliphatic carbocycles. The zero-order valence-electron chi connectivity index (χ0n) is 43.1. The lowest BCUT2D eigenvalue weighted by Gasteiger charge is -2.48. The van der Waals surface area contributed by atoms with Crippen molar-refractivity contribution >= 4 is 63.6 Å². The number of amides is 5. The van der Waals surface area contributed by atoms with E-state index < -0.39 is 5.41 Å². The number of fused-ring (bicyclic) bond motifs is 3.